The highest BCUT2D eigenvalue weighted by Gasteiger charge is 2.26. The summed E-state index contributed by atoms with van der Waals surface area (Å²) < 4.78 is 17.2. The van der Waals surface area contributed by atoms with E-state index in [0.29, 0.717) is 22.5 Å². The molecule has 7 aromatic carbocycles. The van der Waals surface area contributed by atoms with E-state index in [-0.39, 0.29) is 0 Å². The molecule has 6 nitrogen and oxygen atoms in total. The molecule has 50 heavy (non-hydrogen) atoms. The van der Waals surface area contributed by atoms with Gasteiger partial charge in [-0.15, -0.1) is 0 Å². The van der Waals surface area contributed by atoms with Crippen molar-refractivity contribution < 1.29 is 8.83 Å². The van der Waals surface area contributed by atoms with Crippen LogP contribution in [0.3, 0.4) is 0 Å². The quantitative estimate of drug-likeness (QED) is 0.189. The van der Waals surface area contributed by atoms with Crippen LogP contribution in [-0.4, -0.2) is 9.13 Å². The number of nitrogens with zero attached hydrogens (tertiary/aromatic N) is 4. The summed E-state index contributed by atoms with van der Waals surface area (Å²) in [5.74, 6) is 0. The van der Waals surface area contributed by atoms with E-state index in [4.69, 9.17) is 8.83 Å². The van der Waals surface area contributed by atoms with E-state index < -0.39 is 0 Å². The first-order chi connectivity index (χ1) is 24.7. The van der Waals surface area contributed by atoms with E-state index in [1.54, 1.807) is 0 Å². The van der Waals surface area contributed by atoms with Gasteiger partial charge >= 0.3 is 0 Å². The molecular weight excluding hydrogens is 617 g/mol. The number of aromatic nitrogens is 2. The van der Waals surface area contributed by atoms with Crippen molar-refractivity contribution in [1.29, 1.82) is 10.5 Å². The van der Waals surface area contributed by atoms with Crippen molar-refractivity contribution in [2.45, 2.75) is 0 Å². The molecule has 0 unspecified atom stereocenters. The summed E-state index contributed by atoms with van der Waals surface area (Å²) in [6.07, 6.45) is 0. The van der Waals surface area contributed by atoms with Gasteiger partial charge in [-0.25, -0.2) is 0 Å². The lowest BCUT2D eigenvalue weighted by atomic mass is 10.0. The zero-order valence-electron chi connectivity index (χ0n) is 26.3. The lowest BCUT2D eigenvalue weighted by Crippen LogP contribution is -2.06. The predicted molar refractivity (Wildman–Crippen MR) is 199 cm³/mol. The Morgan fingerprint density at radius 3 is 1.48 bits per heavy atom. The van der Waals surface area contributed by atoms with Gasteiger partial charge in [-0.05, 0) is 60.7 Å². The molecule has 11 rings (SSSR count). The Balaban J connectivity index is 1.28. The van der Waals surface area contributed by atoms with Gasteiger partial charge in [0.15, 0.2) is 0 Å². The van der Waals surface area contributed by atoms with Crippen LogP contribution in [-0.2, 0) is 0 Å². The fraction of sp³-hybridized carbons (Fsp3) is 0. The second-order valence-electron chi connectivity index (χ2n) is 12.7. The minimum Gasteiger partial charge on any atom is -0.455 e. The van der Waals surface area contributed by atoms with Crippen LogP contribution < -0.4 is 0 Å². The molecule has 0 spiro atoms. The second-order valence-corrected chi connectivity index (χ2v) is 12.7. The Labute approximate surface area is 283 Å². The molecule has 0 atom stereocenters. The molecule has 0 aliphatic carbocycles. The number of benzene rings is 7. The minimum absolute atomic E-state index is 0.392. The van der Waals surface area contributed by atoms with Gasteiger partial charge in [-0.1, -0.05) is 72.8 Å². The molecule has 0 saturated carbocycles. The molecule has 0 N–H and O–H groups in total. The fourth-order valence-electron chi connectivity index (χ4n) is 8.17. The van der Waals surface area contributed by atoms with Crippen molar-refractivity contribution in [1.82, 2.24) is 9.13 Å². The molecule has 0 amide bonds. The number of hydrogen-bond donors (Lipinski definition) is 0. The molecule has 0 bridgehead atoms. The number of hydrogen-bond acceptors (Lipinski definition) is 4. The van der Waals surface area contributed by atoms with E-state index in [2.05, 4.69) is 75.9 Å². The fourth-order valence-corrected chi connectivity index (χ4v) is 8.17. The molecule has 4 heterocycles. The summed E-state index contributed by atoms with van der Waals surface area (Å²) in [6, 6.07) is 49.5. The Hall–Kier alpha value is -7.28. The van der Waals surface area contributed by atoms with E-state index in [0.717, 1.165) is 87.5 Å². The Kier molecular flexibility index (Phi) is 5.16. The third-order valence-corrected chi connectivity index (χ3v) is 10.2. The highest BCUT2D eigenvalue weighted by Crippen LogP contribution is 2.44. The number of nitriles is 2. The number of rotatable bonds is 2. The first-order valence-corrected chi connectivity index (χ1v) is 16.4. The maximum absolute atomic E-state index is 11.1. The molecule has 0 aliphatic heterocycles. The maximum atomic E-state index is 11.1. The second kappa shape index (κ2) is 9.64. The van der Waals surface area contributed by atoms with Crippen LogP contribution in [0.1, 0.15) is 11.1 Å². The molecule has 0 saturated heterocycles. The number of para-hydroxylation sites is 4. The summed E-state index contributed by atoms with van der Waals surface area (Å²) in [5.41, 5.74) is 8.83. The van der Waals surface area contributed by atoms with E-state index in [1.165, 1.54) is 0 Å². The van der Waals surface area contributed by atoms with Gasteiger partial charge in [0.1, 0.15) is 40.0 Å². The number of furan rings is 2. The van der Waals surface area contributed by atoms with Crippen LogP contribution in [0.15, 0.2) is 142 Å². The summed E-state index contributed by atoms with van der Waals surface area (Å²) in [5, 5.41) is 29.8. The number of fused-ring (bicyclic) bond motifs is 14. The van der Waals surface area contributed by atoms with E-state index in [1.807, 2.05) is 78.9 Å². The summed E-state index contributed by atoms with van der Waals surface area (Å²) in [4.78, 5) is 0. The first kappa shape index (κ1) is 26.8. The maximum Gasteiger partial charge on any atom is 0.145 e. The van der Waals surface area contributed by atoms with Crippen molar-refractivity contribution in [3.63, 3.8) is 0 Å². The van der Waals surface area contributed by atoms with Gasteiger partial charge in [-0.2, -0.15) is 10.5 Å². The van der Waals surface area contributed by atoms with Gasteiger partial charge in [-0.3, -0.25) is 0 Å². The van der Waals surface area contributed by atoms with Crippen LogP contribution in [0.25, 0.3) is 98.9 Å². The van der Waals surface area contributed by atoms with Gasteiger partial charge < -0.3 is 18.0 Å². The summed E-state index contributed by atoms with van der Waals surface area (Å²) >= 11 is 0. The topological polar surface area (TPSA) is 83.7 Å². The molecule has 6 heteroatoms. The lowest BCUT2D eigenvalue weighted by Gasteiger charge is -2.17. The average molecular weight is 639 g/mol. The molecule has 0 radical (unpaired) electrons. The molecule has 0 fully saturated rings. The summed E-state index contributed by atoms with van der Waals surface area (Å²) in [7, 11) is 0. The Morgan fingerprint density at radius 1 is 0.420 bits per heavy atom. The minimum atomic E-state index is 0.392. The Bertz CT molecular complexity index is 3360. The van der Waals surface area contributed by atoms with Crippen molar-refractivity contribution >= 4 is 87.5 Å². The average Bonchev–Trinajstić information content (AvgIpc) is 3.91. The predicted octanol–water partition coefficient (Wildman–Crippen LogP) is 11.4. The first-order valence-electron chi connectivity index (χ1n) is 16.4. The zero-order chi connectivity index (χ0) is 33.1. The van der Waals surface area contributed by atoms with E-state index in [9.17, 15) is 10.5 Å². The van der Waals surface area contributed by atoms with Gasteiger partial charge in [0.2, 0.25) is 0 Å². The van der Waals surface area contributed by atoms with Gasteiger partial charge in [0.05, 0.1) is 49.8 Å². The molecular formula is C44H22N4O2. The van der Waals surface area contributed by atoms with Crippen LogP contribution in [0.2, 0.25) is 0 Å². The van der Waals surface area contributed by atoms with Gasteiger partial charge in [0.25, 0.3) is 0 Å². The monoisotopic (exact) mass is 638 g/mol. The Morgan fingerprint density at radius 2 is 0.920 bits per heavy atom. The third kappa shape index (κ3) is 3.29. The molecule has 4 aromatic heterocycles. The van der Waals surface area contributed by atoms with Crippen molar-refractivity contribution in [3.8, 4) is 23.5 Å². The SMILES string of the molecule is N#Cc1ccc(-n2c3ccccc3c3c4oc5ccccc5c4ccc32)c(C#N)c1-n1c2ccccc2c2c3oc4ccccc4c3ccc21. The molecule has 11 aromatic rings. The van der Waals surface area contributed by atoms with Crippen LogP contribution in [0.5, 0.6) is 0 Å². The van der Waals surface area contributed by atoms with Crippen LogP contribution in [0, 0.1) is 22.7 Å². The smallest absolute Gasteiger partial charge is 0.145 e. The zero-order valence-corrected chi connectivity index (χ0v) is 26.3. The van der Waals surface area contributed by atoms with Crippen molar-refractivity contribution in [2.75, 3.05) is 0 Å². The molecule has 230 valence electrons. The largest absolute Gasteiger partial charge is 0.455 e. The highest BCUT2D eigenvalue weighted by atomic mass is 16.3. The van der Waals surface area contributed by atoms with Crippen LogP contribution >= 0.6 is 0 Å². The van der Waals surface area contributed by atoms with Crippen molar-refractivity contribution in [2.24, 2.45) is 0 Å². The van der Waals surface area contributed by atoms with Crippen LogP contribution in [0.4, 0.5) is 0 Å². The van der Waals surface area contributed by atoms with Gasteiger partial charge in [0, 0.05) is 32.3 Å². The normalized spacial score (nSPS) is 12.0. The third-order valence-electron chi connectivity index (χ3n) is 10.2. The van der Waals surface area contributed by atoms with E-state index >= 15 is 0 Å². The lowest BCUT2D eigenvalue weighted by molar-refractivity contribution is 0.672. The highest BCUT2D eigenvalue weighted by molar-refractivity contribution is 6.25. The summed E-state index contributed by atoms with van der Waals surface area (Å²) in [6.45, 7) is 0. The standard InChI is InChI=1S/C44H22N4O2/c45-23-25-17-20-35(47-33-13-5-1-11-30(33)40-36(47)21-18-28-26-9-3-7-15-38(26)49-43(28)40)32(24-46)42(25)48-34-14-6-2-12-31(34)41-37(48)22-19-29-27-10-4-8-16-39(27)50-44(29)41/h1-22H. The van der Waals surface area contributed by atoms with Crippen molar-refractivity contribution in [3.05, 3.63) is 145 Å². The molecule has 0 aliphatic rings.